The molecule has 6 heteroatoms. The summed E-state index contributed by atoms with van der Waals surface area (Å²) < 4.78 is 6.03. The van der Waals surface area contributed by atoms with Crippen molar-refractivity contribution < 1.29 is 14.6 Å². The number of halogens is 1. The van der Waals surface area contributed by atoms with Gasteiger partial charge in [0.15, 0.2) is 0 Å². The van der Waals surface area contributed by atoms with E-state index in [0.29, 0.717) is 0 Å². The van der Waals surface area contributed by atoms with Gasteiger partial charge in [-0.15, -0.1) is 0 Å². The molecule has 0 radical (unpaired) electrons. The Labute approximate surface area is 134 Å². The molecule has 0 unspecified atom stereocenters. The van der Waals surface area contributed by atoms with Gasteiger partial charge in [0, 0.05) is 24.3 Å². The third-order valence-corrected chi connectivity index (χ3v) is 3.44. The van der Waals surface area contributed by atoms with E-state index in [4.69, 9.17) is 4.74 Å². The molecule has 0 aliphatic carbocycles. The minimum Gasteiger partial charge on any atom is -0.444 e. The lowest BCUT2D eigenvalue weighted by Gasteiger charge is -2.24. The Hall–Kier alpha value is -1.27. The highest BCUT2D eigenvalue weighted by Gasteiger charge is 2.21. The first-order valence-electron chi connectivity index (χ1n) is 6.71. The van der Waals surface area contributed by atoms with Gasteiger partial charge in [-0.05, 0) is 38.5 Å². The van der Waals surface area contributed by atoms with Crippen molar-refractivity contribution in [1.82, 2.24) is 5.32 Å². The predicted octanol–water partition coefficient (Wildman–Crippen LogP) is 3.07. The van der Waals surface area contributed by atoms with E-state index in [1.807, 2.05) is 37.2 Å². The first-order valence-corrected chi connectivity index (χ1v) is 7.50. The van der Waals surface area contributed by atoms with Gasteiger partial charge >= 0.3 is 6.09 Å². The van der Waals surface area contributed by atoms with Gasteiger partial charge in [0.25, 0.3) is 0 Å². The van der Waals surface area contributed by atoms with Gasteiger partial charge in [-0.1, -0.05) is 22.0 Å². The molecule has 0 aliphatic rings. The third kappa shape index (κ3) is 5.55. The number of aliphatic hydroxyl groups excluding tert-OH is 1. The number of anilines is 1. The molecule has 1 atom stereocenters. The van der Waals surface area contributed by atoms with Crippen LogP contribution in [0.5, 0.6) is 0 Å². The fourth-order valence-electron chi connectivity index (χ4n) is 1.75. The van der Waals surface area contributed by atoms with Crippen molar-refractivity contribution in [2.24, 2.45) is 0 Å². The Kier molecular flexibility index (Phi) is 6.04. The summed E-state index contributed by atoms with van der Waals surface area (Å²) >= 11 is 3.48. The van der Waals surface area contributed by atoms with Crippen molar-refractivity contribution in [3.63, 3.8) is 0 Å². The van der Waals surface area contributed by atoms with E-state index in [-0.39, 0.29) is 6.61 Å². The lowest BCUT2D eigenvalue weighted by molar-refractivity contribution is 0.0481. The van der Waals surface area contributed by atoms with Crippen LogP contribution in [-0.4, -0.2) is 37.5 Å². The summed E-state index contributed by atoms with van der Waals surface area (Å²) in [5.41, 5.74) is 1.25. The molecule has 118 valence electrons. The Morgan fingerprint density at radius 3 is 2.48 bits per heavy atom. The van der Waals surface area contributed by atoms with Crippen LogP contribution < -0.4 is 10.2 Å². The molecule has 1 aromatic rings. The summed E-state index contributed by atoms with van der Waals surface area (Å²) in [5.74, 6) is 0. The van der Waals surface area contributed by atoms with Crippen LogP contribution in [0.4, 0.5) is 10.5 Å². The molecule has 0 saturated heterocycles. The lowest BCUT2D eigenvalue weighted by Crippen LogP contribution is -2.36. The van der Waals surface area contributed by atoms with Crippen LogP contribution in [0.1, 0.15) is 32.4 Å². The Morgan fingerprint density at radius 1 is 1.43 bits per heavy atom. The fraction of sp³-hybridized carbons (Fsp3) is 0.533. The maximum Gasteiger partial charge on any atom is 0.408 e. The van der Waals surface area contributed by atoms with Gasteiger partial charge in [0.05, 0.1) is 12.6 Å². The molecule has 1 aromatic carbocycles. The molecule has 2 N–H and O–H groups in total. The van der Waals surface area contributed by atoms with Gasteiger partial charge in [-0.2, -0.15) is 0 Å². The first kappa shape index (κ1) is 17.8. The number of rotatable bonds is 4. The monoisotopic (exact) mass is 358 g/mol. The van der Waals surface area contributed by atoms with Crippen molar-refractivity contribution in [2.45, 2.75) is 32.4 Å². The average molecular weight is 359 g/mol. The smallest absolute Gasteiger partial charge is 0.408 e. The van der Waals surface area contributed by atoms with Gasteiger partial charge in [0.2, 0.25) is 0 Å². The Bertz CT molecular complexity index is 498. The van der Waals surface area contributed by atoms with Crippen LogP contribution in [0.2, 0.25) is 0 Å². The lowest BCUT2D eigenvalue weighted by atomic mass is 10.1. The summed E-state index contributed by atoms with van der Waals surface area (Å²) in [6.45, 7) is 5.17. The SMILES string of the molecule is CN(C)c1ccc([C@@H](CO)NC(=O)OC(C)(C)C)c(Br)c1. The molecule has 21 heavy (non-hydrogen) atoms. The summed E-state index contributed by atoms with van der Waals surface area (Å²) in [4.78, 5) is 13.8. The molecular formula is C15H23BrN2O3. The molecule has 0 fully saturated rings. The number of benzene rings is 1. The standard InChI is InChI=1S/C15H23BrN2O3/c1-15(2,3)21-14(20)17-13(9-19)11-7-6-10(18(4)5)8-12(11)16/h6-8,13,19H,9H2,1-5H3,(H,17,20)/t13-/m1/s1. The second-order valence-corrected chi connectivity index (χ2v) is 6.84. The van der Waals surface area contributed by atoms with Gasteiger partial charge < -0.3 is 20.1 Å². The number of carbonyl (C=O) groups is 1. The second-order valence-electron chi connectivity index (χ2n) is 5.98. The van der Waals surface area contributed by atoms with Crippen LogP contribution in [0.25, 0.3) is 0 Å². The average Bonchev–Trinajstić information content (AvgIpc) is 2.34. The summed E-state index contributed by atoms with van der Waals surface area (Å²) in [5, 5.41) is 12.2. The Morgan fingerprint density at radius 2 is 2.05 bits per heavy atom. The molecule has 0 bridgehead atoms. The number of nitrogens with one attached hydrogen (secondary N) is 1. The van der Waals surface area contributed by atoms with Crippen molar-refractivity contribution in [2.75, 3.05) is 25.6 Å². The topological polar surface area (TPSA) is 61.8 Å². The van der Waals surface area contributed by atoms with E-state index < -0.39 is 17.7 Å². The molecule has 0 saturated carbocycles. The van der Waals surface area contributed by atoms with Gasteiger partial charge in [-0.25, -0.2) is 4.79 Å². The van der Waals surface area contributed by atoms with E-state index in [2.05, 4.69) is 21.2 Å². The molecule has 0 spiro atoms. The zero-order valence-electron chi connectivity index (χ0n) is 13.1. The van der Waals surface area contributed by atoms with Crippen molar-refractivity contribution in [3.8, 4) is 0 Å². The molecule has 1 rings (SSSR count). The minimum absolute atomic E-state index is 0.209. The zero-order valence-corrected chi connectivity index (χ0v) is 14.7. The third-order valence-electron chi connectivity index (χ3n) is 2.75. The van der Waals surface area contributed by atoms with E-state index >= 15 is 0 Å². The van der Waals surface area contributed by atoms with E-state index in [9.17, 15) is 9.90 Å². The number of hydrogen-bond donors (Lipinski definition) is 2. The molecular weight excluding hydrogens is 336 g/mol. The van der Waals surface area contributed by atoms with Gasteiger partial charge in [0.1, 0.15) is 5.60 Å². The second kappa shape index (κ2) is 7.13. The molecule has 0 aliphatic heterocycles. The fourth-order valence-corrected chi connectivity index (χ4v) is 2.39. The largest absolute Gasteiger partial charge is 0.444 e. The number of hydrogen-bond acceptors (Lipinski definition) is 4. The maximum atomic E-state index is 11.8. The summed E-state index contributed by atoms with van der Waals surface area (Å²) in [6, 6.07) is 5.22. The van der Waals surface area contributed by atoms with Crippen LogP contribution in [-0.2, 0) is 4.74 Å². The highest BCUT2D eigenvalue weighted by Crippen LogP contribution is 2.28. The normalized spacial score (nSPS) is 12.7. The van der Waals surface area contributed by atoms with E-state index in [0.717, 1.165) is 15.7 Å². The number of aliphatic hydroxyl groups is 1. The van der Waals surface area contributed by atoms with Crippen LogP contribution in [0.3, 0.4) is 0 Å². The quantitative estimate of drug-likeness (QED) is 0.867. The minimum atomic E-state index is -0.573. The van der Waals surface area contributed by atoms with Crippen LogP contribution >= 0.6 is 15.9 Å². The molecule has 0 heterocycles. The van der Waals surface area contributed by atoms with Crippen LogP contribution in [0, 0.1) is 0 Å². The number of alkyl carbamates (subject to hydrolysis) is 1. The van der Waals surface area contributed by atoms with Crippen LogP contribution in [0.15, 0.2) is 22.7 Å². The molecule has 0 aromatic heterocycles. The summed E-state index contributed by atoms with van der Waals surface area (Å²) in [7, 11) is 3.90. The Balaban J connectivity index is 2.88. The summed E-state index contributed by atoms with van der Waals surface area (Å²) in [6.07, 6.45) is -0.551. The number of ether oxygens (including phenoxy) is 1. The van der Waals surface area contributed by atoms with E-state index in [1.165, 1.54) is 0 Å². The van der Waals surface area contributed by atoms with Crippen molar-refractivity contribution >= 4 is 27.7 Å². The maximum absolute atomic E-state index is 11.8. The van der Waals surface area contributed by atoms with Crippen molar-refractivity contribution in [3.05, 3.63) is 28.2 Å². The predicted molar refractivity (Wildman–Crippen MR) is 87.7 cm³/mol. The zero-order chi connectivity index (χ0) is 16.2. The number of nitrogens with zero attached hydrogens (tertiary/aromatic N) is 1. The highest BCUT2D eigenvalue weighted by atomic mass is 79.9. The molecule has 5 nitrogen and oxygen atoms in total. The van der Waals surface area contributed by atoms with Crippen molar-refractivity contribution in [1.29, 1.82) is 0 Å². The van der Waals surface area contributed by atoms with E-state index in [1.54, 1.807) is 20.8 Å². The highest BCUT2D eigenvalue weighted by molar-refractivity contribution is 9.10. The van der Waals surface area contributed by atoms with Gasteiger partial charge in [-0.3, -0.25) is 0 Å². The molecule has 1 amide bonds. The number of amides is 1. The first-order chi connectivity index (χ1) is 9.64. The number of carbonyl (C=O) groups excluding carboxylic acids is 1.